The van der Waals surface area contributed by atoms with Crippen LogP contribution >= 0.6 is 0 Å². The highest BCUT2D eigenvalue weighted by Gasteiger charge is 2.21. The highest BCUT2D eigenvalue weighted by Crippen LogP contribution is 2.43. The van der Waals surface area contributed by atoms with Gasteiger partial charge in [-0.2, -0.15) is 0 Å². The van der Waals surface area contributed by atoms with Gasteiger partial charge in [0.25, 0.3) is 0 Å². The number of rotatable bonds is 5. The first-order valence-electron chi connectivity index (χ1n) is 14.4. The average Bonchev–Trinajstić information content (AvgIpc) is 3.48. The van der Waals surface area contributed by atoms with Crippen LogP contribution in [0.1, 0.15) is 0 Å². The lowest BCUT2D eigenvalue weighted by Gasteiger charge is -2.14. The molecule has 0 bridgehead atoms. The van der Waals surface area contributed by atoms with Crippen LogP contribution in [0.3, 0.4) is 0 Å². The molecule has 0 unspecified atom stereocenters. The molecular weight excluding hydrogens is 524 g/mol. The Morgan fingerprint density at radius 2 is 0.907 bits per heavy atom. The lowest BCUT2D eigenvalue weighted by molar-refractivity contribution is 0.669. The van der Waals surface area contributed by atoms with Crippen LogP contribution in [0.2, 0.25) is 0 Å². The fourth-order valence-electron chi connectivity index (χ4n) is 5.83. The Balaban J connectivity index is 1.42. The molecule has 8 aromatic rings. The number of hydrogen-bond donors (Lipinski definition) is 0. The fourth-order valence-corrected chi connectivity index (χ4v) is 5.83. The van der Waals surface area contributed by atoms with Crippen LogP contribution in [-0.4, -0.2) is 9.97 Å². The molecule has 0 fully saturated rings. The summed E-state index contributed by atoms with van der Waals surface area (Å²) in [5.74, 6) is 0.666. The molecule has 2 aromatic heterocycles. The van der Waals surface area contributed by atoms with Crippen molar-refractivity contribution in [3.8, 4) is 56.2 Å². The molecular formula is C40H26N2O. The third kappa shape index (κ3) is 4.58. The lowest BCUT2D eigenvalue weighted by atomic mass is 9.93. The Hall–Kier alpha value is -5.80. The lowest BCUT2D eigenvalue weighted by Crippen LogP contribution is -1.98. The van der Waals surface area contributed by atoms with Crippen LogP contribution in [-0.2, 0) is 0 Å². The first-order chi connectivity index (χ1) is 21.3. The van der Waals surface area contributed by atoms with Crippen molar-refractivity contribution in [3.63, 3.8) is 0 Å². The summed E-state index contributed by atoms with van der Waals surface area (Å²) in [6, 6.07) is 54.3. The van der Waals surface area contributed by atoms with Gasteiger partial charge < -0.3 is 4.42 Å². The smallest absolute Gasteiger partial charge is 0.161 e. The van der Waals surface area contributed by atoms with Crippen molar-refractivity contribution >= 4 is 21.9 Å². The van der Waals surface area contributed by atoms with Crippen molar-refractivity contribution in [2.45, 2.75) is 0 Å². The predicted octanol–water partition coefficient (Wildman–Crippen LogP) is 10.7. The Morgan fingerprint density at radius 1 is 0.395 bits per heavy atom. The molecule has 0 aliphatic rings. The van der Waals surface area contributed by atoms with E-state index >= 15 is 0 Å². The van der Waals surface area contributed by atoms with Gasteiger partial charge in [0.05, 0.1) is 11.4 Å². The Labute approximate surface area is 249 Å². The van der Waals surface area contributed by atoms with Gasteiger partial charge in [-0.1, -0.05) is 133 Å². The van der Waals surface area contributed by atoms with E-state index < -0.39 is 0 Å². The number of nitrogens with zero attached hydrogens (tertiary/aromatic N) is 2. The van der Waals surface area contributed by atoms with Crippen molar-refractivity contribution in [2.24, 2.45) is 0 Å². The topological polar surface area (TPSA) is 38.9 Å². The van der Waals surface area contributed by atoms with Crippen molar-refractivity contribution in [2.75, 3.05) is 0 Å². The second kappa shape index (κ2) is 10.6. The molecule has 0 N–H and O–H groups in total. The maximum atomic E-state index is 6.36. The van der Waals surface area contributed by atoms with Gasteiger partial charge in [0.1, 0.15) is 11.2 Å². The molecule has 0 spiro atoms. The van der Waals surface area contributed by atoms with Gasteiger partial charge in [0.15, 0.2) is 5.82 Å². The van der Waals surface area contributed by atoms with E-state index in [0.29, 0.717) is 5.82 Å². The summed E-state index contributed by atoms with van der Waals surface area (Å²) >= 11 is 0. The monoisotopic (exact) mass is 550 g/mol. The van der Waals surface area contributed by atoms with Crippen LogP contribution < -0.4 is 0 Å². The third-order valence-corrected chi connectivity index (χ3v) is 7.94. The molecule has 0 amide bonds. The molecule has 202 valence electrons. The quantitative estimate of drug-likeness (QED) is 0.214. The van der Waals surface area contributed by atoms with E-state index in [2.05, 4.69) is 103 Å². The van der Waals surface area contributed by atoms with Gasteiger partial charge in [0, 0.05) is 27.5 Å². The van der Waals surface area contributed by atoms with Gasteiger partial charge in [-0.15, -0.1) is 0 Å². The van der Waals surface area contributed by atoms with Gasteiger partial charge >= 0.3 is 0 Å². The minimum absolute atomic E-state index is 0.666. The molecule has 0 atom stereocenters. The van der Waals surface area contributed by atoms with E-state index in [4.69, 9.17) is 14.4 Å². The Bertz CT molecular complexity index is 2140. The number of fused-ring (bicyclic) bond motifs is 3. The molecule has 0 saturated heterocycles. The van der Waals surface area contributed by atoms with Crippen molar-refractivity contribution in [1.82, 2.24) is 9.97 Å². The van der Waals surface area contributed by atoms with Gasteiger partial charge in [0.2, 0.25) is 0 Å². The molecule has 0 saturated carbocycles. The highest BCUT2D eigenvalue weighted by molar-refractivity contribution is 6.15. The maximum Gasteiger partial charge on any atom is 0.161 e. The second-order valence-electron chi connectivity index (χ2n) is 10.6. The Morgan fingerprint density at radius 3 is 1.53 bits per heavy atom. The summed E-state index contributed by atoms with van der Waals surface area (Å²) in [6.45, 7) is 0. The second-order valence-corrected chi connectivity index (χ2v) is 10.6. The van der Waals surface area contributed by atoms with Crippen LogP contribution in [0.25, 0.3) is 78.1 Å². The SMILES string of the molecule is c1ccc(-c2ccc(-c3ccc4oc5ccccc5c4c3-c3nc(-c4ccccc4)cc(-c4ccccc4)n3)cc2)cc1. The highest BCUT2D eigenvalue weighted by atomic mass is 16.3. The largest absolute Gasteiger partial charge is 0.456 e. The van der Waals surface area contributed by atoms with Gasteiger partial charge in [-0.05, 0) is 46.5 Å². The standard InChI is InChI=1S/C40H26N2O/c1-4-12-27(13-5-1)28-20-22-29(23-21-28)32-24-25-37-38(33-18-10-11-19-36(33)43-37)39(32)40-41-34(30-14-6-2-7-15-30)26-35(42-40)31-16-8-3-9-17-31/h1-26H. The first-order valence-corrected chi connectivity index (χ1v) is 14.4. The minimum Gasteiger partial charge on any atom is -0.456 e. The van der Waals surface area contributed by atoms with Crippen LogP contribution in [0.4, 0.5) is 0 Å². The van der Waals surface area contributed by atoms with Gasteiger partial charge in [-0.3, -0.25) is 0 Å². The molecule has 6 aromatic carbocycles. The molecule has 3 heteroatoms. The minimum atomic E-state index is 0.666. The average molecular weight is 551 g/mol. The molecule has 8 rings (SSSR count). The van der Waals surface area contributed by atoms with Crippen LogP contribution in [0, 0.1) is 0 Å². The summed E-state index contributed by atoms with van der Waals surface area (Å²) in [6.07, 6.45) is 0. The van der Waals surface area contributed by atoms with E-state index in [1.165, 1.54) is 11.1 Å². The van der Waals surface area contributed by atoms with Crippen LogP contribution in [0.5, 0.6) is 0 Å². The summed E-state index contributed by atoms with van der Waals surface area (Å²) < 4.78 is 6.36. The molecule has 0 aliphatic carbocycles. The fraction of sp³-hybridized carbons (Fsp3) is 0. The number of benzene rings is 6. The summed E-state index contributed by atoms with van der Waals surface area (Å²) in [5.41, 5.74) is 11.0. The Kier molecular flexibility index (Phi) is 6.12. The van der Waals surface area contributed by atoms with Crippen molar-refractivity contribution in [1.29, 1.82) is 0 Å². The van der Waals surface area contributed by atoms with E-state index in [9.17, 15) is 0 Å². The van der Waals surface area contributed by atoms with E-state index in [0.717, 1.165) is 61.1 Å². The zero-order valence-corrected chi connectivity index (χ0v) is 23.3. The zero-order valence-electron chi connectivity index (χ0n) is 23.3. The zero-order chi connectivity index (χ0) is 28.6. The number of aromatic nitrogens is 2. The van der Waals surface area contributed by atoms with E-state index in [1.54, 1.807) is 0 Å². The summed E-state index contributed by atoms with van der Waals surface area (Å²) in [7, 11) is 0. The van der Waals surface area contributed by atoms with Crippen molar-refractivity contribution < 1.29 is 4.42 Å². The van der Waals surface area contributed by atoms with Gasteiger partial charge in [-0.25, -0.2) is 9.97 Å². The van der Waals surface area contributed by atoms with E-state index in [-0.39, 0.29) is 0 Å². The third-order valence-electron chi connectivity index (χ3n) is 7.94. The number of para-hydroxylation sites is 1. The molecule has 0 aliphatic heterocycles. The molecule has 0 radical (unpaired) electrons. The van der Waals surface area contributed by atoms with Crippen molar-refractivity contribution in [3.05, 3.63) is 158 Å². The first kappa shape index (κ1) is 25.0. The molecule has 43 heavy (non-hydrogen) atoms. The summed E-state index contributed by atoms with van der Waals surface area (Å²) in [4.78, 5) is 10.5. The van der Waals surface area contributed by atoms with Crippen LogP contribution in [0.15, 0.2) is 162 Å². The number of hydrogen-bond acceptors (Lipinski definition) is 3. The number of furan rings is 1. The predicted molar refractivity (Wildman–Crippen MR) is 176 cm³/mol. The normalized spacial score (nSPS) is 11.3. The summed E-state index contributed by atoms with van der Waals surface area (Å²) in [5, 5.41) is 2.06. The van der Waals surface area contributed by atoms with E-state index in [1.807, 2.05) is 54.6 Å². The maximum absolute atomic E-state index is 6.36. The molecule has 2 heterocycles. The molecule has 3 nitrogen and oxygen atoms in total.